The van der Waals surface area contributed by atoms with Crippen molar-refractivity contribution in [2.75, 3.05) is 26.2 Å². The van der Waals surface area contributed by atoms with Gasteiger partial charge in [-0.15, -0.1) is 0 Å². The van der Waals surface area contributed by atoms with Crippen LogP contribution in [-0.2, 0) is 15.7 Å². The maximum Gasteiger partial charge on any atom is 0.416 e. The predicted octanol–water partition coefficient (Wildman–Crippen LogP) is 3.00. The van der Waals surface area contributed by atoms with Gasteiger partial charge in [-0.2, -0.15) is 13.2 Å². The SMILES string of the molecule is CC(=O)OC1CC(c2cccc(C(F)(F)F)c2)CN(C(=O)N2CCC(O)CC2)C1. The van der Waals surface area contributed by atoms with Crippen LogP contribution < -0.4 is 0 Å². The minimum Gasteiger partial charge on any atom is -0.461 e. The Bertz CT molecular complexity index is 747. The highest BCUT2D eigenvalue weighted by Crippen LogP contribution is 2.34. The van der Waals surface area contributed by atoms with Crippen molar-refractivity contribution in [2.24, 2.45) is 0 Å². The van der Waals surface area contributed by atoms with E-state index in [0.717, 1.165) is 12.1 Å². The van der Waals surface area contributed by atoms with Crippen molar-refractivity contribution in [3.63, 3.8) is 0 Å². The molecule has 3 rings (SSSR count). The molecule has 9 heteroatoms. The lowest BCUT2D eigenvalue weighted by Gasteiger charge is -2.41. The largest absolute Gasteiger partial charge is 0.461 e. The molecule has 0 spiro atoms. The van der Waals surface area contributed by atoms with E-state index in [1.807, 2.05) is 0 Å². The van der Waals surface area contributed by atoms with Gasteiger partial charge < -0.3 is 19.6 Å². The van der Waals surface area contributed by atoms with Crippen LogP contribution >= 0.6 is 0 Å². The van der Waals surface area contributed by atoms with Crippen LogP contribution in [0.4, 0.5) is 18.0 Å². The molecule has 2 atom stereocenters. The molecule has 160 valence electrons. The summed E-state index contributed by atoms with van der Waals surface area (Å²) in [6, 6.07) is 4.83. The number of alkyl halides is 3. The number of urea groups is 1. The molecule has 6 nitrogen and oxygen atoms in total. The van der Waals surface area contributed by atoms with Crippen LogP contribution in [0.25, 0.3) is 0 Å². The first-order valence-electron chi connectivity index (χ1n) is 9.69. The fourth-order valence-electron chi connectivity index (χ4n) is 4.00. The number of halogens is 3. The quantitative estimate of drug-likeness (QED) is 0.756. The van der Waals surface area contributed by atoms with Crippen molar-refractivity contribution < 1.29 is 32.6 Å². The Morgan fingerprint density at radius 1 is 1.14 bits per heavy atom. The second-order valence-electron chi connectivity index (χ2n) is 7.69. The van der Waals surface area contributed by atoms with Gasteiger partial charge in [0.25, 0.3) is 0 Å². The number of hydrogen-bond donors (Lipinski definition) is 1. The summed E-state index contributed by atoms with van der Waals surface area (Å²) < 4.78 is 44.6. The van der Waals surface area contributed by atoms with Crippen LogP contribution in [-0.4, -0.2) is 65.3 Å². The minimum atomic E-state index is -4.45. The molecule has 2 saturated heterocycles. The molecule has 0 saturated carbocycles. The van der Waals surface area contributed by atoms with Gasteiger partial charge in [0.2, 0.25) is 0 Å². The van der Waals surface area contributed by atoms with E-state index in [4.69, 9.17) is 4.74 Å². The monoisotopic (exact) mass is 414 g/mol. The fourth-order valence-corrected chi connectivity index (χ4v) is 4.00. The number of ether oxygens (including phenoxy) is 1. The molecule has 2 aliphatic rings. The molecular formula is C20H25F3N2O4. The van der Waals surface area contributed by atoms with Gasteiger partial charge in [0.05, 0.1) is 18.2 Å². The Balaban J connectivity index is 1.80. The molecule has 2 fully saturated rings. The Hall–Kier alpha value is -2.29. The lowest BCUT2D eigenvalue weighted by Crippen LogP contribution is -2.53. The van der Waals surface area contributed by atoms with E-state index in [0.29, 0.717) is 37.9 Å². The number of carbonyl (C=O) groups is 2. The first-order chi connectivity index (χ1) is 13.6. The van der Waals surface area contributed by atoms with E-state index in [9.17, 15) is 27.9 Å². The highest BCUT2D eigenvalue weighted by Gasteiger charge is 2.36. The van der Waals surface area contributed by atoms with Crippen molar-refractivity contribution in [2.45, 2.75) is 50.5 Å². The topological polar surface area (TPSA) is 70.1 Å². The van der Waals surface area contributed by atoms with Crippen molar-refractivity contribution >= 4 is 12.0 Å². The Morgan fingerprint density at radius 3 is 2.45 bits per heavy atom. The van der Waals surface area contributed by atoms with Crippen LogP contribution in [0.15, 0.2) is 24.3 Å². The molecule has 0 aliphatic carbocycles. The van der Waals surface area contributed by atoms with Crippen molar-refractivity contribution in [1.29, 1.82) is 0 Å². The van der Waals surface area contributed by atoms with E-state index >= 15 is 0 Å². The molecule has 2 amide bonds. The maximum absolute atomic E-state index is 13.1. The van der Waals surface area contributed by atoms with Crippen LogP contribution in [0.3, 0.4) is 0 Å². The number of nitrogens with zero attached hydrogens (tertiary/aromatic N) is 2. The van der Waals surface area contributed by atoms with Gasteiger partial charge in [-0.25, -0.2) is 4.79 Å². The highest BCUT2D eigenvalue weighted by molar-refractivity contribution is 5.75. The van der Waals surface area contributed by atoms with Crippen molar-refractivity contribution in [3.05, 3.63) is 35.4 Å². The molecule has 0 bridgehead atoms. The predicted molar refractivity (Wildman–Crippen MR) is 98.1 cm³/mol. The van der Waals surface area contributed by atoms with E-state index in [1.165, 1.54) is 13.0 Å². The number of aliphatic hydroxyl groups excluding tert-OH is 1. The summed E-state index contributed by atoms with van der Waals surface area (Å²) in [6.45, 7) is 2.56. The summed E-state index contributed by atoms with van der Waals surface area (Å²) >= 11 is 0. The standard InChI is InChI=1S/C20H25F3N2O4/c1-13(26)29-18-10-15(14-3-2-4-16(9-14)20(21,22)23)11-25(12-18)19(28)24-7-5-17(27)6-8-24/h2-4,9,15,17-18,27H,5-8,10-12H2,1H3. The normalized spacial score (nSPS) is 23.8. The smallest absolute Gasteiger partial charge is 0.416 e. The van der Waals surface area contributed by atoms with Gasteiger partial charge in [0.1, 0.15) is 6.10 Å². The summed E-state index contributed by atoms with van der Waals surface area (Å²) in [5.41, 5.74) is -0.281. The first kappa shape index (κ1) is 21.4. The molecule has 0 radical (unpaired) electrons. The fraction of sp³-hybridized carbons (Fsp3) is 0.600. The third-order valence-electron chi connectivity index (χ3n) is 5.44. The minimum absolute atomic E-state index is 0.201. The third-order valence-corrected chi connectivity index (χ3v) is 5.44. The zero-order valence-electron chi connectivity index (χ0n) is 16.2. The lowest BCUT2D eigenvalue weighted by molar-refractivity contribution is -0.148. The van der Waals surface area contributed by atoms with Gasteiger partial charge in [-0.3, -0.25) is 4.79 Å². The summed E-state index contributed by atoms with van der Waals surface area (Å²) in [4.78, 5) is 27.6. The van der Waals surface area contributed by atoms with Crippen molar-refractivity contribution in [1.82, 2.24) is 9.80 Å². The number of carbonyl (C=O) groups excluding carboxylic acids is 2. The van der Waals surface area contributed by atoms with E-state index in [-0.39, 0.29) is 25.0 Å². The van der Waals surface area contributed by atoms with Gasteiger partial charge in [-0.1, -0.05) is 18.2 Å². The van der Waals surface area contributed by atoms with Crippen molar-refractivity contribution in [3.8, 4) is 0 Å². The third kappa shape index (κ3) is 5.41. The number of hydrogen-bond acceptors (Lipinski definition) is 4. The maximum atomic E-state index is 13.1. The average Bonchev–Trinajstić information content (AvgIpc) is 2.67. The Labute approximate surface area is 167 Å². The Kier molecular flexibility index (Phi) is 6.36. The molecule has 1 aromatic rings. The highest BCUT2D eigenvalue weighted by atomic mass is 19.4. The second kappa shape index (κ2) is 8.61. The molecule has 2 heterocycles. The van der Waals surface area contributed by atoms with E-state index < -0.39 is 29.9 Å². The molecule has 0 aromatic heterocycles. The lowest BCUT2D eigenvalue weighted by atomic mass is 9.88. The zero-order chi connectivity index (χ0) is 21.2. The van der Waals surface area contributed by atoms with Crippen LogP contribution in [0.2, 0.25) is 0 Å². The van der Waals surface area contributed by atoms with E-state index in [2.05, 4.69) is 0 Å². The van der Waals surface area contributed by atoms with Gasteiger partial charge in [0.15, 0.2) is 0 Å². The molecule has 2 unspecified atom stereocenters. The summed E-state index contributed by atoms with van der Waals surface area (Å²) in [7, 11) is 0. The molecule has 1 N–H and O–H groups in total. The number of likely N-dealkylation sites (tertiary alicyclic amines) is 2. The number of amides is 2. The molecular weight excluding hydrogens is 389 g/mol. The Morgan fingerprint density at radius 2 is 1.83 bits per heavy atom. The number of esters is 1. The zero-order valence-corrected chi connectivity index (χ0v) is 16.2. The van der Waals surface area contributed by atoms with E-state index in [1.54, 1.807) is 15.9 Å². The van der Waals surface area contributed by atoms with Gasteiger partial charge >= 0.3 is 18.2 Å². The van der Waals surface area contributed by atoms with Gasteiger partial charge in [0, 0.05) is 32.5 Å². The van der Waals surface area contributed by atoms with Crippen LogP contribution in [0.5, 0.6) is 0 Å². The number of rotatable bonds is 2. The molecule has 2 aliphatic heterocycles. The van der Waals surface area contributed by atoms with Gasteiger partial charge in [-0.05, 0) is 30.9 Å². The average molecular weight is 414 g/mol. The first-order valence-corrected chi connectivity index (χ1v) is 9.69. The summed E-state index contributed by atoms with van der Waals surface area (Å²) in [6.07, 6.45) is -4.13. The molecule has 29 heavy (non-hydrogen) atoms. The summed E-state index contributed by atoms with van der Waals surface area (Å²) in [5, 5.41) is 9.64. The molecule has 1 aromatic carbocycles. The van der Waals surface area contributed by atoms with Crippen LogP contribution in [0.1, 0.15) is 43.2 Å². The summed E-state index contributed by atoms with van der Waals surface area (Å²) in [5.74, 6) is -0.872. The number of benzene rings is 1. The number of piperidine rings is 2. The number of aliphatic hydroxyl groups is 1. The second-order valence-corrected chi connectivity index (χ2v) is 7.69. The van der Waals surface area contributed by atoms with Crippen LogP contribution in [0, 0.1) is 0 Å².